The van der Waals surface area contributed by atoms with Gasteiger partial charge >= 0.3 is 0 Å². The molecule has 0 aromatic carbocycles. The van der Waals surface area contributed by atoms with E-state index in [0.29, 0.717) is 5.41 Å². The second-order valence-corrected chi connectivity index (χ2v) is 5.25. The first-order valence-corrected chi connectivity index (χ1v) is 6.16. The maximum Gasteiger partial charge on any atom is -0.0155 e. The summed E-state index contributed by atoms with van der Waals surface area (Å²) in [6.45, 7) is 13.9. The van der Waals surface area contributed by atoms with E-state index in [9.17, 15) is 0 Å². The molecule has 0 heteroatoms. The SMILES string of the molecule is CCC=C(CC)C(CCC)C(C)(C)C. The molecule has 0 nitrogen and oxygen atoms in total. The Bertz CT molecular complexity index is 169. The Morgan fingerprint density at radius 2 is 1.71 bits per heavy atom. The van der Waals surface area contributed by atoms with E-state index in [1.54, 1.807) is 5.57 Å². The third kappa shape index (κ3) is 4.30. The van der Waals surface area contributed by atoms with E-state index in [4.69, 9.17) is 0 Å². The highest BCUT2D eigenvalue weighted by molar-refractivity contribution is 5.09. The summed E-state index contributed by atoms with van der Waals surface area (Å²) >= 11 is 0. The molecule has 0 heterocycles. The van der Waals surface area contributed by atoms with Crippen LogP contribution >= 0.6 is 0 Å². The normalized spacial score (nSPS) is 15.7. The number of hydrogen-bond donors (Lipinski definition) is 0. The van der Waals surface area contributed by atoms with Crippen LogP contribution in [0, 0.1) is 11.3 Å². The average Bonchev–Trinajstić information content (AvgIpc) is 2.09. The van der Waals surface area contributed by atoms with Crippen molar-refractivity contribution in [3.8, 4) is 0 Å². The number of hydrogen-bond acceptors (Lipinski definition) is 0. The molecule has 0 aliphatic carbocycles. The Kier molecular flexibility index (Phi) is 6.15. The lowest BCUT2D eigenvalue weighted by Crippen LogP contribution is -2.22. The smallest absolute Gasteiger partial charge is 0.0155 e. The second kappa shape index (κ2) is 6.27. The third-order valence-electron chi connectivity index (χ3n) is 2.94. The minimum Gasteiger partial charge on any atom is -0.0853 e. The van der Waals surface area contributed by atoms with Crippen LogP contribution in [0.1, 0.15) is 67.2 Å². The van der Waals surface area contributed by atoms with Crippen LogP contribution in [0.5, 0.6) is 0 Å². The summed E-state index contributed by atoms with van der Waals surface area (Å²) in [5.74, 6) is 0.775. The van der Waals surface area contributed by atoms with Gasteiger partial charge in [0.15, 0.2) is 0 Å². The molecule has 0 rings (SSSR count). The zero-order valence-corrected chi connectivity index (χ0v) is 11.0. The zero-order valence-electron chi connectivity index (χ0n) is 11.0. The van der Waals surface area contributed by atoms with Crippen LogP contribution < -0.4 is 0 Å². The van der Waals surface area contributed by atoms with E-state index in [1.165, 1.54) is 25.7 Å². The molecule has 1 atom stereocenters. The van der Waals surface area contributed by atoms with E-state index < -0.39 is 0 Å². The largest absolute Gasteiger partial charge is 0.0853 e. The minimum atomic E-state index is 0.424. The van der Waals surface area contributed by atoms with Gasteiger partial charge in [-0.05, 0) is 30.6 Å². The van der Waals surface area contributed by atoms with E-state index in [2.05, 4.69) is 47.6 Å². The Labute approximate surface area is 90.8 Å². The van der Waals surface area contributed by atoms with Crippen LogP contribution in [0.15, 0.2) is 11.6 Å². The molecule has 14 heavy (non-hydrogen) atoms. The average molecular weight is 196 g/mol. The topological polar surface area (TPSA) is 0 Å². The Morgan fingerprint density at radius 1 is 1.14 bits per heavy atom. The van der Waals surface area contributed by atoms with Crippen molar-refractivity contribution in [3.63, 3.8) is 0 Å². The van der Waals surface area contributed by atoms with Gasteiger partial charge in [-0.3, -0.25) is 0 Å². The molecule has 0 saturated carbocycles. The molecule has 1 unspecified atom stereocenters. The van der Waals surface area contributed by atoms with Gasteiger partial charge in [0.2, 0.25) is 0 Å². The van der Waals surface area contributed by atoms with Crippen molar-refractivity contribution in [2.45, 2.75) is 67.2 Å². The molecule has 0 bridgehead atoms. The van der Waals surface area contributed by atoms with Crippen LogP contribution in [-0.2, 0) is 0 Å². The standard InChI is InChI=1S/C14H28/c1-7-10-12(9-3)13(11-8-2)14(4,5)6/h10,13H,7-9,11H2,1-6H3. The lowest BCUT2D eigenvalue weighted by Gasteiger charge is -2.32. The van der Waals surface area contributed by atoms with Gasteiger partial charge in [0.25, 0.3) is 0 Å². The Balaban J connectivity index is 4.70. The van der Waals surface area contributed by atoms with Crippen LogP contribution in [0.4, 0.5) is 0 Å². The molecule has 0 aromatic rings. The first kappa shape index (κ1) is 13.7. The summed E-state index contributed by atoms with van der Waals surface area (Å²) in [5.41, 5.74) is 2.09. The lowest BCUT2D eigenvalue weighted by atomic mass is 9.73. The highest BCUT2D eigenvalue weighted by Gasteiger charge is 2.25. The van der Waals surface area contributed by atoms with Crippen LogP contribution in [-0.4, -0.2) is 0 Å². The zero-order chi connectivity index (χ0) is 11.2. The minimum absolute atomic E-state index is 0.424. The van der Waals surface area contributed by atoms with Crippen molar-refractivity contribution < 1.29 is 0 Å². The maximum absolute atomic E-state index is 2.44. The fourth-order valence-electron chi connectivity index (χ4n) is 2.26. The van der Waals surface area contributed by atoms with E-state index >= 15 is 0 Å². The summed E-state index contributed by atoms with van der Waals surface area (Å²) < 4.78 is 0. The van der Waals surface area contributed by atoms with Gasteiger partial charge in [-0.15, -0.1) is 0 Å². The molecule has 0 spiro atoms. The van der Waals surface area contributed by atoms with E-state index in [-0.39, 0.29) is 0 Å². The first-order chi connectivity index (χ1) is 6.47. The summed E-state index contributed by atoms with van der Waals surface area (Å²) in [5, 5.41) is 0. The van der Waals surface area contributed by atoms with Gasteiger partial charge < -0.3 is 0 Å². The van der Waals surface area contributed by atoms with Gasteiger partial charge in [-0.2, -0.15) is 0 Å². The molecule has 0 aromatic heterocycles. The fourth-order valence-corrected chi connectivity index (χ4v) is 2.26. The maximum atomic E-state index is 2.44. The van der Waals surface area contributed by atoms with Crippen molar-refractivity contribution in [2.75, 3.05) is 0 Å². The van der Waals surface area contributed by atoms with E-state index in [0.717, 1.165) is 5.92 Å². The summed E-state index contributed by atoms with van der Waals surface area (Å²) in [7, 11) is 0. The van der Waals surface area contributed by atoms with Crippen LogP contribution in [0.25, 0.3) is 0 Å². The molecule has 0 fully saturated rings. The molecule has 0 saturated heterocycles. The molecule has 0 aliphatic heterocycles. The molecule has 0 N–H and O–H groups in total. The highest BCUT2D eigenvalue weighted by atomic mass is 14.3. The highest BCUT2D eigenvalue weighted by Crippen LogP contribution is 2.36. The first-order valence-electron chi connectivity index (χ1n) is 6.16. The van der Waals surface area contributed by atoms with Gasteiger partial charge in [0.1, 0.15) is 0 Å². The van der Waals surface area contributed by atoms with Gasteiger partial charge in [0, 0.05) is 0 Å². The molecule has 0 amide bonds. The van der Waals surface area contributed by atoms with Crippen LogP contribution in [0.3, 0.4) is 0 Å². The van der Waals surface area contributed by atoms with E-state index in [1.807, 2.05) is 0 Å². The summed E-state index contributed by atoms with van der Waals surface area (Å²) in [4.78, 5) is 0. The third-order valence-corrected chi connectivity index (χ3v) is 2.94. The molecular weight excluding hydrogens is 168 g/mol. The predicted octanol–water partition coefficient (Wildman–Crippen LogP) is 5.20. The van der Waals surface area contributed by atoms with Crippen molar-refractivity contribution >= 4 is 0 Å². The molecular formula is C14H28. The monoisotopic (exact) mass is 196 g/mol. The van der Waals surface area contributed by atoms with Crippen molar-refractivity contribution in [1.29, 1.82) is 0 Å². The Hall–Kier alpha value is -0.260. The second-order valence-electron chi connectivity index (χ2n) is 5.25. The summed E-state index contributed by atoms with van der Waals surface area (Å²) in [6, 6.07) is 0. The van der Waals surface area contributed by atoms with Crippen molar-refractivity contribution in [1.82, 2.24) is 0 Å². The van der Waals surface area contributed by atoms with Crippen molar-refractivity contribution in [3.05, 3.63) is 11.6 Å². The molecule has 84 valence electrons. The number of rotatable bonds is 5. The quantitative estimate of drug-likeness (QED) is 0.530. The van der Waals surface area contributed by atoms with Gasteiger partial charge in [-0.25, -0.2) is 0 Å². The Morgan fingerprint density at radius 3 is 2.00 bits per heavy atom. The van der Waals surface area contributed by atoms with Gasteiger partial charge in [0.05, 0.1) is 0 Å². The predicted molar refractivity (Wildman–Crippen MR) is 66.5 cm³/mol. The number of allylic oxidation sites excluding steroid dienone is 2. The lowest BCUT2D eigenvalue weighted by molar-refractivity contribution is 0.258. The summed E-state index contributed by atoms with van der Waals surface area (Å²) in [6.07, 6.45) is 7.47. The molecule has 0 radical (unpaired) electrons. The van der Waals surface area contributed by atoms with Crippen molar-refractivity contribution in [2.24, 2.45) is 11.3 Å². The molecule has 0 aliphatic rings. The fraction of sp³-hybridized carbons (Fsp3) is 0.857. The van der Waals surface area contributed by atoms with Gasteiger partial charge in [-0.1, -0.05) is 59.6 Å². The van der Waals surface area contributed by atoms with Crippen LogP contribution in [0.2, 0.25) is 0 Å².